The van der Waals surface area contributed by atoms with Crippen molar-refractivity contribution in [2.45, 2.75) is 49.9 Å². The highest BCUT2D eigenvalue weighted by molar-refractivity contribution is 7.92. The maximum atomic E-state index is 12.4. The molecule has 0 radical (unpaired) electrons. The number of nitrogens with two attached hydrogens (primary N) is 1. The Kier molecular flexibility index (Phi) is 6.01. The summed E-state index contributed by atoms with van der Waals surface area (Å²) in [5.41, 5.74) is 5.42. The zero-order valence-corrected chi connectivity index (χ0v) is 13.3. The Bertz CT molecular complexity index is 444. The second kappa shape index (κ2) is 7.56. The molecule has 0 saturated carbocycles. The van der Waals surface area contributed by atoms with Crippen molar-refractivity contribution < 1.29 is 17.9 Å². The van der Waals surface area contributed by atoms with Crippen molar-refractivity contribution in [3.63, 3.8) is 0 Å². The normalized spacial score (nSPS) is 26.7. The zero-order valence-electron chi connectivity index (χ0n) is 12.5. The molecule has 6 nitrogen and oxygen atoms in total. The largest absolute Gasteiger partial charge is 0.378 e. The number of amides is 1. The molecule has 21 heavy (non-hydrogen) atoms. The van der Waals surface area contributed by atoms with Crippen LogP contribution in [0.25, 0.3) is 0 Å². The van der Waals surface area contributed by atoms with Crippen LogP contribution in [0.4, 0.5) is 0 Å². The van der Waals surface area contributed by atoms with E-state index in [1.165, 1.54) is 0 Å². The van der Waals surface area contributed by atoms with Gasteiger partial charge >= 0.3 is 0 Å². The average molecular weight is 318 g/mol. The second-order valence-electron chi connectivity index (χ2n) is 5.89. The number of ether oxygens (including phenoxy) is 1. The number of carbonyl (C=O) groups excluding carboxylic acids is 1. The third-order valence-corrected chi connectivity index (χ3v) is 6.47. The van der Waals surface area contributed by atoms with Crippen LogP contribution in [0.1, 0.15) is 38.5 Å². The summed E-state index contributed by atoms with van der Waals surface area (Å²) in [5, 5.41) is -0.805. The van der Waals surface area contributed by atoms with E-state index in [9.17, 15) is 13.2 Å². The van der Waals surface area contributed by atoms with E-state index in [0.717, 1.165) is 25.7 Å². The van der Waals surface area contributed by atoms with Gasteiger partial charge < -0.3 is 15.4 Å². The van der Waals surface area contributed by atoms with Crippen molar-refractivity contribution in [1.29, 1.82) is 0 Å². The molecule has 0 aliphatic carbocycles. The molecule has 1 atom stereocenters. The fourth-order valence-corrected chi connectivity index (χ4v) is 4.88. The molecule has 2 aliphatic rings. The van der Waals surface area contributed by atoms with Gasteiger partial charge in [-0.25, -0.2) is 8.42 Å². The first kappa shape index (κ1) is 16.7. The van der Waals surface area contributed by atoms with Gasteiger partial charge in [-0.2, -0.15) is 0 Å². The lowest BCUT2D eigenvalue weighted by Gasteiger charge is -2.34. The molecular weight excluding hydrogens is 292 g/mol. The molecule has 0 spiro atoms. The predicted molar refractivity (Wildman–Crippen MR) is 80.7 cm³/mol. The van der Waals surface area contributed by atoms with Gasteiger partial charge in [0.15, 0.2) is 9.84 Å². The smallest absolute Gasteiger partial charge is 0.240 e. The third-order valence-electron chi connectivity index (χ3n) is 4.31. The van der Waals surface area contributed by atoms with Crippen LogP contribution < -0.4 is 5.73 Å². The van der Waals surface area contributed by atoms with Crippen LogP contribution in [-0.2, 0) is 19.4 Å². The molecule has 2 saturated heterocycles. The number of hydrogen-bond acceptors (Lipinski definition) is 5. The van der Waals surface area contributed by atoms with Gasteiger partial charge in [-0.15, -0.1) is 0 Å². The van der Waals surface area contributed by atoms with Crippen LogP contribution in [0.3, 0.4) is 0 Å². The Hall–Kier alpha value is -0.660. The number of likely N-dealkylation sites (tertiary alicyclic amines) is 1. The Labute approximate surface area is 126 Å². The highest BCUT2D eigenvalue weighted by atomic mass is 32.2. The topological polar surface area (TPSA) is 89.7 Å². The zero-order chi connectivity index (χ0) is 15.3. The fraction of sp³-hybridized carbons (Fsp3) is 0.929. The molecule has 7 heteroatoms. The van der Waals surface area contributed by atoms with Gasteiger partial charge in [0.25, 0.3) is 0 Å². The molecule has 0 aromatic carbocycles. The SMILES string of the molecule is NCCCOC1CCN(C(=O)C2CCCCS2(=O)=O)CC1. The molecule has 2 rings (SSSR count). The summed E-state index contributed by atoms with van der Waals surface area (Å²) in [4.78, 5) is 14.1. The van der Waals surface area contributed by atoms with Gasteiger partial charge in [-0.3, -0.25) is 4.79 Å². The van der Waals surface area contributed by atoms with E-state index in [-0.39, 0.29) is 17.8 Å². The molecule has 1 amide bonds. The van der Waals surface area contributed by atoms with Gasteiger partial charge in [0.2, 0.25) is 5.91 Å². The van der Waals surface area contributed by atoms with Crippen molar-refractivity contribution in [3.8, 4) is 0 Å². The molecule has 0 aromatic heterocycles. The summed E-state index contributed by atoms with van der Waals surface area (Å²) in [7, 11) is -3.24. The average Bonchev–Trinajstić information content (AvgIpc) is 2.47. The maximum Gasteiger partial charge on any atom is 0.240 e. The van der Waals surface area contributed by atoms with Crippen molar-refractivity contribution in [1.82, 2.24) is 4.90 Å². The quantitative estimate of drug-likeness (QED) is 0.737. The van der Waals surface area contributed by atoms with Crippen LogP contribution in [0.5, 0.6) is 0 Å². The molecule has 2 aliphatic heterocycles. The molecule has 1 unspecified atom stereocenters. The third kappa shape index (κ3) is 4.40. The second-order valence-corrected chi connectivity index (χ2v) is 8.19. The van der Waals surface area contributed by atoms with Crippen molar-refractivity contribution >= 4 is 15.7 Å². The van der Waals surface area contributed by atoms with E-state index >= 15 is 0 Å². The molecule has 122 valence electrons. The van der Waals surface area contributed by atoms with E-state index in [1.807, 2.05) is 0 Å². The van der Waals surface area contributed by atoms with Crippen molar-refractivity contribution in [2.24, 2.45) is 5.73 Å². The van der Waals surface area contributed by atoms with Crippen LogP contribution in [0.15, 0.2) is 0 Å². The van der Waals surface area contributed by atoms with E-state index in [1.54, 1.807) is 4.90 Å². The van der Waals surface area contributed by atoms with Crippen LogP contribution in [0.2, 0.25) is 0 Å². The number of rotatable bonds is 5. The lowest BCUT2D eigenvalue weighted by molar-refractivity contribution is -0.133. The number of nitrogens with zero attached hydrogens (tertiary/aromatic N) is 1. The van der Waals surface area contributed by atoms with E-state index < -0.39 is 15.1 Å². The Morgan fingerprint density at radius 2 is 1.90 bits per heavy atom. The summed E-state index contributed by atoms with van der Waals surface area (Å²) >= 11 is 0. The van der Waals surface area contributed by atoms with Crippen LogP contribution in [0, 0.1) is 0 Å². The molecule has 2 heterocycles. The van der Waals surface area contributed by atoms with E-state index in [0.29, 0.717) is 39.1 Å². The summed E-state index contributed by atoms with van der Waals surface area (Å²) in [6.45, 7) is 2.47. The Balaban J connectivity index is 1.83. The summed E-state index contributed by atoms with van der Waals surface area (Å²) in [6.07, 6.45) is 4.57. The maximum absolute atomic E-state index is 12.4. The summed E-state index contributed by atoms with van der Waals surface area (Å²) in [6, 6.07) is 0. The minimum atomic E-state index is -3.24. The molecule has 2 fully saturated rings. The number of piperidine rings is 1. The predicted octanol–water partition coefficient (Wildman–Crippen LogP) is 0.310. The van der Waals surface area contributed by atoms with Gasteiger partial charge in [0, 0.05) is 19.7 Å². The lowest BCUT2D eigenvalue weighted by atomic mass is 10.1. The van der Waals surface area contributed by atoms with Gasteiger partial charge in [-0.05, 0) is 38.6 Å². The Morgan fingerprint density at radius 1 is 1.19 bits per heavy atom. The van der Waals surface area contributed by atoms with E-state index in [4.69, 9.17) is 10.5 Å². The summed E-state index contributed by atoms with van der Waals surface area (Å²) < 4.78 is 29.7. The van der Waals surface area contributed by atoms with Gasteiger partial charge in [0.05, 0.1) is 11.9 Å². The molecule has 0 aromatic rings. The van der Waals surface area contributed by atoms with Crippen LogP contribution >= 0.6 is 0 Å². The monoisotopic (exact) mass is 318 g/mol. The Morgan fingerprint density at radius 3 is 2.52 bits per heavy atom. The van der Waals surface area contributed by atoms with E-state index in [2.05, 4.69) is 0 Å². The summed E-state index contributed by atoms with van der Waals surface area (Å²) in [5.74, 6) is -0.0441. The minimum absolute atomic E-state index is 0.155. The molecule has 2 N–H and O–H groups in total. The first-order chi connectivity index (χ1) is 10.0. The first-order valence-electron chi connectivity index (χ1n) is 7.86. The standard InChI is InChI=1S/C14H26N2O4S/c15-7-3-10-20-12-5-8-16(9-6-12)14(17)13-4-1-2-11-21(13,18)19/h12-13H,1-11,15H2. The highest BCUT2D eigenvalue weighted by Crippen LogP contribution is 2.23. The van der Waals surface area contributed by atoms with Crippen molar-refractivity contribution in [3.05, 3.63) is 0 Å². The number of sulfone groups is 1. The molecule has 0 bridgehead atoms. The molecular formula is C14H26N2O4S. The first-order valence-corrected chi connectivity index (χ1v) is 9.58. The van der Waals surface area contributed by atoms with Gasteiger partial charge in [0.1, 0.15) is 5.25 Å². The highest BCUT2D eigenvalue weighted by Gasteiger charge is 2.38. The number of hydrogen-bond donors (Lipinski definition) is 1. The lowest BCUT2D eigenvalue weighted by Crippen LogP contribution is -2.49. The minimum Gasteiger partial charge on any atom is -0.378 e. The fourth-order valence-electron chi connectivity index (χ4n) is 3.01. The van der Waals surface area contributed by atoms with Crippen LogP contribution in [-0.4, -0.2) is 62.6 Å². The number of carbonyl (C=O) groups is 1. The van der Waals surface area contributed by atoms with Gasteiger partial charge in [-0.1, -0.05) is 6.42 Å². The van der Waals surface area contributed by atoms with Crippen molar-refractivity contribution in [2.75, 3.05) is 32.0 Å².